The predicted molar refractivity (Wildman–Crippen MR) is 133 cm³/mol. The molecular weight excluding hydrogens is 436 g/mol. The summed E-state index contributed by atoms with van der Waals surface area (Å²) in [5.74, 6) is 1.87. The van der Waals surface area contributed by atoms with Crippen LogP contribution in [-0.2, 0) is 12.0 Å². The van der Waals surface area contributed by atoms with Crippen molar-refractivity contribution < 1.29 is 14.6 Å². The third-order valence-electron chi connectivity index (χ3n) is 6.18. The molecule has 1 aliphatic carbocycles. The van der Waals surface area contributed by atoms with Crippen molar-refractivity contribution in [1.29, 1.82) is 0 Å². The average Bonchev–Trinajstić information content (AvgIpc) is 2.81. The van der Waals surface area contributed by atoms with Crippen molar-refractivity contribution in [3.63, 3.8) is 0 Å². The lowest BCUT2D eigenvalue weighted by Crippen LogP contribution is -2.43. The lowest BCUT2D eigenvalue weighted by molar-refractivity contribution is 0.0987. The van der Waals surface area contributed by atoms with Crippen molar-refractivity contribution >= 4 is 22.7 Å². The number of nitrogens with zero attached hydrogens (tertiary/aromatic N) is 3. The molecule has 1 fully saturated rings. The Hall–Kier alpha value is -2.45. The van der Waals surface area contributed by atoms with Crippen molar-refractivity contribution in [2.24, 2.45) is 16.6 Å². The summed E-state index contributed by atoms with van der Waals surface area (Å²) >= 11 is 1.67. The maximum Gasteiger partial charge on any atom is 0.232 e. The topological polar surface area (TPSA) is 111 Å². The molecule has 1 saturated carbocycles. The smallest absolute Gasteiger partial charge is 0.232 e. The van der Waals surface area contributed by atoms with E-state index in [0.29, 0.717) is 22.7 Å². The third-order valence-corrected chi connectivity index (χ3v) is 7.14. The van der Waals surface area contributed by atoms with E-state index in [4.69, 9.17) is 20.6 Å². The van der Waals surface area contributed by atoms with Crippen LogP contribution < -0.4 is 10.5 Å². The number of hydrogen-bond donors (Lipinski definition) is 2. The number of ether oxygens (including phenoxy) is 1. The molecule has 178 valence electrons. The number of nitrogens with two attached hydrogens (primary N) is 1. The van der Waals surface area contributed by atoms with Gasteiger partial charge in [0.05, 0.1) is 24.0 Å². The number of hydrogen-bond acceptors (Lipinski definition) is 8. The number of aryl methyl sites for hydroxylation is 1. The molecule has 2 aromatic rings. The van der Waals surface area contributed by atoms with Crippen LogP contribution in [0.1, 0.15) is 66.7 Å². The lowest BCUT2D eigenvalue weighted by atomic mass is 9.68. The Labute approximate surface area is 200 Å². The van der Waals surface area contributed by atoms with E-state index in [1.165, 1.54) is 36.4 Å². The molecule has 1 aromatic heterocycles. The fourth-order valence-corrected chi connectivity index (χ4v) is 5.75. The van der Waals surface area contributed by atoms with Crippen LogP contribution in [0.15, 0.2) is 35.6 Å². The highest BCUT2D eigenvalue weighted by Gasteiger charge is 2.45. The van der Waals surface area contributed by atoms with Crippen LogP contribution in [0.4, 0.5) is 0 Å². The number of thioether (sulfide) groups is 1. The van der Waals surface area contributed by atoms with Crippen molar-refractivity contribution in [3.05, 3.63) is 53.0 Å². The van der Waals surface area contributed by atoms with Gasteiger partial charge in [-0.05, 0) is 56.2 Å². The van der Waals surface area contributed by atoms with Gasteiger partial charge in [0, 0.05) is 19.3 Å². The predicted octanol–water partition coefficient (Wildman–Crippen LogP) is 4.05. The summed E-state index contributed by atoms with van der Waals surface area (Å²) in [6.45, 7) is 5.98. The summed E-state index contributed by atoms with van der Waals surface area (Å²) in [5, 5.41) is 7.68. The van der Waals surface area contributed by atoms with Gasteiger partial charge < -0.3 is 15.6 Å². The molecule has 0 spiro atoms. The normalized spacial score (nSPS) is 22.0. The number of fused-ring (bicyclic) bond motifs is 1. The monoisotopic (exact) mass is 470 g/mol. The van der Waals surface area contributed by atoms with Gasteiger partial charge >= 0.3 is 0 Å². The summed E-state index contributed by atoms with van der Waals surface area (Å²) in [6, 6.07) is 6.30. The molecule has 33 heavy (non-hydrogen) atoms. The zero-order chi connectivity index (χ0) is 24.0. The molecule has 2 atom stereocenters. The van der Waals surface area contributed by atoms with E-state index in [9.17, 15) is 4.79 Å². The molecule has 0 bridgehead atoms. The summed E-state index contributed by atoms with van der Waals surface area (Å²) in [7, 11) is 1.00. The second-order valence-corrected chi connectivity index (χ2v) is 9.82. The standard InChI is InChI=1S/C24H30N4O2S.CH4O/c1-15(2)30-22-13-26-20(12-27-22)21(29)11-17-8-7-16(3)19(10-17)24-9-5-4-6-18(24)14-31-23(25)28-24;1-2/h7-8,10,12-13,15,18H,4-6,9,11,14H2,1-3H3,(H2,25,28);2H,1H3/t18-,24-;/m0./s1. The Morgan fingerprint density at radius 3 is 2.76 bits per heavy atom. The molecule has 0 saturated heterocycles. The number of Topliss-reactive ketones (excluding diaryl/α,β-unsaturated/α-hetero) is 1. The molecule has 3 N–H and O–H groups in total. The van der Waals surface area contributed by atoms with Gasteiger partial charge in [0.1, 0.15) is 5.69 Å². The Kier molecular flexibility index (Phi) is 8.48. The van der Waals surface area contributed by atoms with Crippen LogP contribution in [0.3, 0.4) is 0 Å². The average molecular weight is 471 g/mol. The maximum absolute atomic E-state index is 12.9. The quantitative estimate of drug-likeness (QED) is 0.613. The third kappa shape index (κ3) is 5.73. The van der Waals surface area contributed by atoms with Crippen LogP contribution >= 0.6 is 11.8 Å². The van der Waals surface area contributed by atoms with Crippen molar-refractivity contribution in [2.75, 3.05) is 12.9 Å². The Morgan fingerprint density at radius 1 is 1.27 bits per heavy atom. The van der Waals surface area contributed by atoms with E-state index in [0.717, 1.165) is 31.3 Å². The zero-order valence-corrected chi connectivity index (χ0v) is 20.7. The van der Waals surface area contributed by atoms with Gasteiger partial charge in [0.25, 0.3) is 0 Å². The van der Waals surface area contributed by atoms with E-state index in [2.05, 4.69) is 29.0 Å². The second kappa shape index (κ2) is 11.1. The summed E-state index contributed by atoms with van der Waals surface area (Å²) in [5.41, 5.74) is 9.68. The van der Waals surface area contributed by atoms with Gasteiger partial charge in [-0.1, -0.05) is 42.8 Å². The molecule has 1 aromatic carbocycles. The highest BCUT2D eigenvalue weighted by Crippen LogP contribution is 2.50. The fraction of sp³-hybridized carbons (Fsp3) is 0.520. The number of carbonyl (C=O) groups is 1. The van der Waals surface area contributed by atoms with E-state index in [-0.39, 0.29) is 23.8 Å². The number of aliphatic imine (C=N–C) groups is 1. The first-order valence-electron chi connectivity index (χ1n) is 11.4. The summed E-state index contributed by atoms with van der Waals surface area (Å²) < 4.78 is 5.51. The zero-order valence-electron chi connectivity index (χ0n) is 19.9. The number of aromatic nitrogens is 2. The Morgan fingerprint density at radius 2 is 2.06 bits per heavy atom. The lowest BCUT2D eigenvalue weighted by Gasteiger charge is -2.45. The minimum absolute atomic E-state index is 0.0136. The first kappa shape index (κ1) is 25.2. The van der Waals surface area contributed by atoms with Gasteiger partial charge in [-0.2, -0.15) is 0 Å². The van der Waals surface area contributed by atoms with E-state index in [1.807, 2.05) is 19.9 Å². The SMILES string of the molecule is CO.Cc1ccc(CC(=O)c2cnc(OC(C)C)cn2)cc1[C@]12CCCC[C@H]1CSC(N)=N2. The molecule has 1 aliphatic heterocycles. The van der Waals surface area contributed by atoms with Gasteiger partial charge in [0.15, 0.2) is 11.0 Å². The number of aliphatic hydroxyl groups excluding tert-OH is 1. The number of rotatable bonds is 6. The molecule has 7 nitrogen and oxygen atoms in total. The summed E-state index contributed by atoms with van der Waals surface area (Å²) in [6.07, 6.45) is 7.88. The molecule has 0 radical (unpaired) electrons. The number of aliphatic hydroxyl groups is 1. The minimum atomic E-state index is -0.258. The van der Waals surface area contributed by atoms with Crippen LogP contribution in [0.5, 0.6) is 5.88 Å². The van der Waals surface area contributed by atoms with Crippen LogP contribution in [-0.4, -0.2) is 45.0 Å². The van der Waals surface area contributed by atoms with E-state index >= 15 is 0 Å². The Bertz CT molecular complexity index is 994. The largest absolute Gasteiger partial charge is 0.474 e. The highest BCUT2D eigenvalue weighted by atomic mass is 32.2. The van der Waals surface area contributed by atoms with Gasteiger partial charge in [-0.15, -0.1) is 0 Å². The van der Waals surface area contributed by atoms with Crippen molar-refractivity contribution in [1.82, 2.24) is 9.97 Å². The molecule has 2 heterocycles. The first-order chi connectivity index (χ1) is 15.9. The fourth-order valence-electron chi connectivity index (χ4n) is 4.71. The second-order valence-electron chi connectivity index (χ2n) is 8.78. The van der Waals surface area contributed by atoms with Crippen molar-refractivity contribution in [3.8, 4) is 5.88 Å². The number of amidine groups is 1. The molecule has 2 aliphatic rings. The Balaban J connectivity index is 0.00000149. The van der Waals surface area contributed by atoms with Crippen LogP contribution in [0, 0.1) is 12.8 Å². The molecule has 8 heteroatoms. The van der Waals surface area contributed by atoms with E-state index < -0.39 is 0 Å². The molecule has 0 unspecified atom stereocenters. The first-order valence-corrected chi connectivity index (χ1v) is 12.4. The van der Waals surface area contributed by atoms with Gasteiger partial charge in [-0.25, -0.2) is 9.97 Å². The van der Waals surface area contributed by atoms with Crippen LogP contribution in [0.25, 0.3) is 0 Å². The molecule has 0 amide bonds. The van der Waals surface area contributed by atoms with Gasteiger partial charge in [0.2, 0.25) is 5.88 Å². The van der Waals surface area contributed by atoms with E-state index in [1.54, 1.807) is 11.8 Å². The number of benzene rings is 1. The molecule has 4 rings (SSSR count). The highest BCUT2D eigenvalue weighted by molar-refractivity contribution is 8.13. The summed E-state index contributed by atoms with van der Waals surface area (Å²) in [4.78, 5) is 26.3. The van der Waals surface area contributed by atoms with Gasteiger partial charge in [-0.3, -0.25) is 9.79 Å². The van der Waals surface area contributed by atoms with Crippen LogP contribution in [0.2, 0.25) is 0 Å². The molecular formula is C25H34N4O3S. The maximum atomic E-state index is 12.9. The number of carbonyl (C=O) groups excluding carboxylic acids is 1. The minimum Gasteiger partial charge on any atom is -0.474 e. The number of ketones is 1. The van der Waals surface area contributed by atoms with Crippen molar-refractivity contribution in [2.45, 2.75) is 64.5 Å².